The summed E-state index contributed by atoms with van der Waals surface area (Å²) in [5.41, 5.74) is 0.501. The molecule has 1 amide bonds. The lowest BCUT2D eigenvalue weighted by molar-refractivity contribution is -0.118. The van der Waals surface area contributed by atoms with Crippen LogP contribution in [0.3, 0.4) is 0 Å². The summed E-state index contributed by atoms with van der Waals surface area (Å²) < 4.78 is 27.5. The first-order chi connectivity index (χ1) is 11.9. The Morgan fingerprint density at radius 3 is 2.60 bits per heavy atom. The SMILES string of the molecule is O=C(COc1ccccc1P(=O)(O)O)Nc1ccc2c(c1)OCCO2. The van der Waals surface area contributed by atoms with E-state index < -0.39 is 20.1 Å². The molecule has 0 saturated heterocycles. The number of hydrogen-bond acceptors (Lipinski definition) is 5. The Balaban J connectivity index is 1.63. The van der Waals surface area contributed by atoms with Gasteiger partial charge in [-0.25, -0.2) is 0 Å². The van der Waals surface area contributed by atoms with Gasteiger partial charge < -0.3 is 29.3 Å². The van der Waals surface area contributed by atoms with Gasteiger partial charge in [-0.15, -0.1) is 0 Å². The predicted molar refractivity (Wildman–Crippen MR) is 89.7 cm³/mol. The molecule has 0 spiro atoms. The lowest BCUT2D eigenvalue weighted by Crippen LogP contribution is -2.22. The monoisotopic (exact) mass is 365 g/mol. The number of hydrogen-bond donors (Lipinski definition) is 3. The van der Waals surface area contributed by atoms with E-state index in [0.29, 0.717) is 30.4 Å². The van der Waals surface area contributed by atoms with Crippen LogP contribution in [0, 0.1) is 0 Å². The minimum absolute atomic E-state index is 0.0341. The van der Waals surface area contributed by atoms with Crippen LogP contribution in [0.1, 0.15) is 0 Å². The largest absolute Gasteiger partial charge is 0.486 e. The van der Waals surface area contributed by atoms with Gasteiger partial charge in [0.1, 0.15) is 24.3 Å². The van der Waals surface area contributed by atoms with Crippen LogP contribution in [0.15, 0.2) is 42.5 Å². The maximum absolute atomic E-state index is 12.0. The number of para-hydroxylation sites is 1. The molecule has 2 aromatic carbocycles. The van der Waals surface area contributed by atoms with Gasteiger partial charge in [-0.3, -0.25) is 9.36 Å². The van der Waals surface area contributed by atoms with Crippen molar-refractivity contribution in [2.45, 2.75) is 0 Å². The van der Waals surface area contributed by atoms with Crippen LogP contribution in [-0.2, 0) is 9.36 Å². The van der Waals surface area contributed by atoms with Crippen LogP contribution in [0.5, 0.6) is 17.2 Å². The molecule has 0 saturated carbocycles. The molecule has 0 radical (unpaired) electrons. The molecule has 1 heterocycles. The summed E-state index contributed by atoms with van der Waals surface area (Å²) in [6.07, 6.45) is 0. The number of fused-ring (bicyclic) bond motifs is 1. The number of amides is 1. The quantitative estimate of drug-likeness (QED) is 0.684. The Kier molecular flexibility index (Phi) is 4.94. The van der Waals surface area contributed by atoms with Gasteiger partial charge in [0.2, 0.25) is 0 Å². The average molecular weight is 365 g/mol. The molecule has 0 aliphatic carbocycles. The van der Waals surface area contributed by atoms with Gasteiger partial charge in [-0.05, 0) is 24.3 Å². The molecule has 8 nitrogen and oxygen atoms in total. The third kappa shape index (κ3) is 4.30. The van der Waals surface area contributed by atoms with Gasteiger partial charge in [0.25, 0.3) is 5.91 Å². The molecule has 25 heavy (non-hydrogen) atoms. The molecule has 0 bridgehead atoms. The second-order valence-electron chi connectivity index (χ2n) is 5.21. The van der Waals surface area contributed by atoms with Crippen molar-refractivity contribution in [3.05, 3.63) is 42.5 Å². The summed E-state index contributed by atoms with van der Waals surface area (Å²) >= 11 is 0. The van der Waals surface area contributed by atoms with E-state index >= 15 is 0 Å². The topological polar surface area (TPSA) is 114 Å². The molecule has 1 aliphatic rings. The van der Waals surface area contributed by atoms with Crippen LogP contribution in [0.2, 0.25) is 0 Å². The van der Waals surface area contributed by atoms with Gasteiger partial charge in [0.05, 0.1) is 0 Å². The molecular formula is C16H16NO7P. The zero-order chi connectivity index (χ0) is 17.9. The van der Waals surface area contributed by atoms with Gasteiger partial charge in [-0.2, -0.15) is 0 Å². The number of carbonyl (C=O) groups is 1. The Morgan fingerprint density at radius 1 is 1.12 bits per heavy atom. The predicted octanol–water partition coefficient (Wildman–Crippen LogP) is 1.28. The van der Waals surface area contributed by atoms with Crippen molar-refractivity contribution in [3.63, 3.8) is 0 Å². The number of ether oxygens (including phenoxy) is 3. The van der Waals surface area contributed by atoms with Crippen molar-refractivity contribution in [1.82, 2.24) is 0 Å². The number of benzene rings is 2. The Morgan fingerprint density at radius 2 is 1.84 bits per heavy atom. The van der Waals surface area contributed by atoms with Crippen LogP contribution < -0.4 is 24.8 Å². The van der Waals surface area contributed by atoms with E-state index in [1.54, 1.807) is 24.3 Å². The van der Waals surface area contributed by atoms with E-state index in [2.05, 4.69) is 5.32 Å². The molecule has 3 N–H and O–H groups in total. The Bertz CT molecular complexity index is 833. The van der Waals surface area contributed by atoms with Crippen molar-refractivity contribution >= 4 is 24.5 Å². The van der Waals surface area contributed by atoms with E-state index in [0.717, 1.165) is 0 Å². The van der Waals surface area contributed by atoms with Gasteiger partial charge in [0, 0.05) is 11.8 Å². The summed E-state index contributed by atoms with van der Waals surface area (Å²) in [5, 5.41) is 2.37. The minimum atomic E-state index is -4.48. The highest BCUT2D eigenvalue weighted by atomic mass is 31.2. The standard InChI is InChI=1S/C16H16NO7P/c18-16(10-24-13-3-1-2-4-15(13)25(19,20)21)17-11-5-6-12-14(9-11)23-8-7-22-12/h1-6,9H,7-8,10H2,(H,17,18)(H2,19,20,21). The maximum atomic E-state index is 12.0. The fraction of sp³-hybridized carbons (Fsp3) is 0.188. The number of nitrogens with one attached hydrogen (secondary N) is 1. The second kappa shape index (κ2) is 7.14. The van der Waals surface area contributed by atoms with Crippen molar-refractivity contribution in [3.8, 4) is 17.2 Å². The average Bonchev–Trinajstić information content (AvgIpc) is 2.59. The molecule has 3 rings (SSSR count). The second-order valence-corrected chi connectivity index (χ2v) is 6.78. The molecule has 0 unspecified atom stereocenters. The van der Waals surface area contributed by atoms with Crippen molar-refractivity contribution < 1.29 is 33.4 Å². The lowest BCUT2D eigenvalue weighted by atomic mass is 10.2. The van der Waals surface area contributed by atoms with E-state index in [-0.39, 0.29) is 11.1 Å². The fourth-order valence-corrected chi connectivity index (χ4v) is 2.99. The highest BCUT2D eigenvalue weighted by Crippen LogP contribution is 2.37. The summed E-state index contributed by atoms with van der Waals surface area (Å²) in [5.74, 6) is 0.637. The molecular weight excluding hydrogens is 349 g/mol. The first-order valence-corrected chi connectivity index (χ1v) is 9.02. The molecule has 2 aromatic rings. The lowest BCUT2D eigenvalue weighted by Gasteiger charge is -2.19. The number of rotatable bonds is 5. The molecule has 0 aromatic heterocycles. The highest BCUT2D eigenvalue weighted by Gasteiger charge is 2.22. The zero-order valence-electron chi connectivity index (χ0n) is 13.0. The van der Waals surface area contributed by atoms with Gasteiger partial charge in [-0.1, -0.05) is 12.1 Å². The van der Waals surface area contributed by atoms with E-state index in [4.69, 9.17) is 14.2 Å². The molecule has 0 fully saturated rings. The van der Waals surface area contributed by atoms with Crippen molar-refractivity contribution in [2.24, 2.45) is 0 Å². The first-order valence-electron chi connectivity index (χ1n) is 7.41. The summed E-state index contributed by atoms with van der Waals surface area (Å²) in [6.45, 7) is 0.518. The maximum Gasteiger partial charge on any atom is 0.359 e. The molecule has 0 atom stereocenters. The summed E-state index contributed by atoms with van der Waals surface area (Å²) in [6, 6.07) is 10.7. The third-order valence-corrected chi connectivity index (χ3v) is 4.36. The Labute approximate surface area is 143 Å². The molecule has 1 aliphatic heterocycles. The normalized spacial score (nSPS) is 13.2. The summed E-state index contributed by atoms with van der Waals surface area (Å²) in [7, 11) is -4.48. The molecule has 9 heteroatoms. The third-order valence-electron chi connectivity index (χ3n) is 3.36. The highest BCUT2D eigenvalue weighted by molar-refractivity contribution is 7.60. The van der Waals surface area contributed by atoms with Gasteiger partial charge in [0.15, 0.2) is 18.1 Å². The van der Waals surface area contributed by atoms with Crippen LogP contribution in [-0.4, -0.2) is 35.5 Å². The van der Waals surface area contributed by atoms with Crippen LogP contribution >= 0.6 is 7.60 Å². The fourth-order valence-electron chi connectivity index (χ4n) is 2.28. The Hall–Kier alpha value is -2.54. The number of anilines is 1. The van der Waals surface area contributed by atoms with Crippen LogP contribution in [0.25, 0.3) is 0 Å². The van der Waals surface area contributed by atoms with E-state index in [1.807, 2.05) is 0 Å². The number of carbonyl (C=O) groups excluding carboxylic acids is 1. The van der Waals surface area contributed by atoms with E-state index in [1.165, 1.54) is 18.2 Å². The van der Waals surface area contributed by atoms with Crippen molar-refractivity contribution in [2.75, 3.05) is 25.1 Å². The minimum Gasteiger partial charge on any atom is -0.486 e. The zero-order valence-corrected chi connectivity index (χ0v) is 13.9. The van der Waals surface area contributed by atoms with Crippen molar-refractivity contribution in [1.29, 1.82) is 0 Å². The molecule has 132 valence electrons. The summed E-state index contributed by atoms with van der Waals surface area (Å²) in [4.78, 5) is 30.6. The van der Waals surface area contributed by atoms with E-state index in [9.17, 15) is 19.1 Å². The van der Waals surface area contributed by atoms with Crippen LogP contribution in [0.4, 0.5) is 5.69 Å². The first kappa shape index (κ1) is 17.3. The van der Waals surface area contributed by atoms with Gasteiger partial charge >= 0.3 is 7.60 Å². The smallest absolute Gasteiger partial charge is 0.359 e.